The van der Waals surface area contributed by atoms with Crippen LogP contribution in [0.2, 0.25) is 0 Å². The zero-order chi connectivity index (χ0) is 28.0. The standard InChI is InChI=1S/C27H27F3N6O3/c1-18(37)31-11-12-32-22-17-23(34-25(33-22)20-5-3-2-4-6-20)35-13-15-36(16-14-35)26(39)21-9-7-19(8-10-21)24(38)27(28,29)30/h2-10,17H,11-16H2,1H3,(H,31,37)(H,32,33,34). The molecule has 204 valence electrons. The van der Waals surface area contributed by atoms with E-state index in [1.807, 2.05) is 41.3 Å². The number of carbonyl (C=O) groups excluding carboxylic acids is 3. The van der Waals surface area contributed by atoms with Gasteiger partial charge in [-0.15, -0.1) is 0 Å². The van der Waals surface area contributed by atoms with Gasteiger partial charge in [0.1, 0.15) is 11.6 Å². The Morgan fingerprint density at radius 3 is 2.13 bits per heavy atom. The minimum absolute atomic E-state index is 0.122. The second-order valence-electron chi connectivity index (χ2n) is 8.89. The summed E-state index contributed by atoms with van der Waals surface area (Å²) in [6.45, 7) is 4.06. The summed E-state index contributed by atoms with van der Waals surface area (Å²) in [5.41, 5.74) is 0.537. The fraction of sp³-hybridized carbons (Fsp3) is 0.296. The van der Waals surface area contributed by atoms with Crippen molar-refractivity contribution in [2.24, 2.45) is 0 Å². The highest BCUT2D eigenvalue weighted by Gasteiger charge is 2.39. The summed E-state index contributed by atoms with van der Waals surface area (Å²) in [4.78, 5) is 48.5. The summed E-state index contributed by atoms with van der Waals surface area (Å²) in [5, 5.41) is 5.93. The van der Waals surface area contributed by atoms with Gasteiger partial charge in [0, 0.05) is 68.9 Å². The van der Waals surface area contributed by atoms with Gasteiger partial charge >= 0.3 is 6.18 Å². The van der Waals surface area contributed by atoms with E-state index in [0.29, 0.717) is 56.7 Å². The summed E-state index contributed by atoms with van der Waals surface area (Å²) in [7, 11) is 0. The molecule has 39 heavy (non-hydrogen) atoms. The molecule has 1 aliphatic rings. The number of Topliss-reactive ketones (excluding diaryl/α,β-unsaturated/α-hetero) is 1. The first kappa shape index (κ1) is 27.6. The van der Waals surface area contributed by atoms with Crippen LogP contribution in [0, 0.1) is 0 Å². The molecule has 1 aromatic heterocycles. The van der Waals surface area contributed by atoms with Crippen LogP contribution in [0.25, 0.3) is 11.4 Å². The van der Waals surface area contributed by atoms with Crippen LogP contribution in [0.4, 0.5) is 24.8 Å². The number of hydrogen-bond acceptors (Lipinski definition) is 7. The van der Waals surface area contributed by atoms with Crippen molar-refractivity contribution in [3.05, 3.63) is 71.8 Å². The van der Waals surface area contributed by atoms with E-state index in [1.54, 1.807) is 4.90 Å². The van der Waals surface area contributed by atoms with E-state index in [2.05, 4.69) is 15.6 Å². The number of ketones is 1. The van der Waals surface area contributed by atoms with Crippen LogP contribution in [-0.4, -0.2) is 77.9 Å². The normalized spacial score (nSPS) is 13.6. The highest BCUT2D eigenvalue weighted by molar-refractivity contribution is 6.01. The molecule has 2 heterocycles. The van der Waals surface area contributed by atoms with E-state index >= 15 is 0 Å². The molecule has 4 rings (SSSR count). The second-order valence-corrected chi connectivity index (χ2v) is 8.89. The predicted octanol–water partition coefficient (Wildman–Crippen LogP) is 3.40. The van der Waals surface area contributed by atoms with Gasteiger partial charge in [-0.3, -0.25) is 14.4 Å². The summed E-state index contributed by atoms with van der Waals surface area (Å²) >= 11 is 0. The van der Waals surface area contributed by atoms with Crippen molar-refractivity contribution in [1.82, 2.24) is 20.2 Å². The zero-order valence-corrected chi connectivity index (χ0v) is 21.2. The van der Waals surface area contributed by atoms with Crippen LogP contribution in [0.5, 0.6) is 0 Å². The second kappa shape index (κ2) is 11.9. The lowest BCUT2D eigenvalue weighted by Gasteiger charge is -2.35. The molecule has 0 aliphatic carbocycles. The monoisotopic (exact) mass is 540 g/mol. The van der Waals surface area contributed by atoms with Gasteiger partial charge in [0.15, 0.2) is 5.82 Å². The van der Waals surface area contributed by atoms with Crippen molar-refractivity contribution in [3.63, 3.8) is 0 Å². The van der Waals surface area contributed by atoms with Gasteiger partial charge in [-0.25, -0.2) is 9.97 Å². The number of rotatable bonds is 8. The lowest BCUT2D eigenvalue weighted by Crippen LogP contribution is -2.49. The van der Waals surface area contributed by atoms with Gasteiger partial charge < -0.3 is 20.4 Å². The number of aromatic nitrogens is 2. The quantitative estimate of drug-likeness (QED) is 0.333. The lowest BCUT2D eigenvalue weighted by atomic mass is 10.1. The first-order valence-corrected chi connectivity index (χ1v) is 12.3. The van der Waals surface area contributed by atoms with Gasteiger partial charge in [-0.05, 0) is 12.1 Å². The predicted molar refractivity (Wildman–Crippen MR) is 140 cm³/mol. The van der Waals surface area contributed by atoms with E-state index < -0.39 is 17.5 Å². The molecule has 2 amide bonds. The average Bonchev–Trinajstić information content (AvgIpc) is 2.94. The average molecular weight is 541 g/mol. The van der Waals surface area contributed by atoms with Gasteiger partial charge in [0.2, 0.25) is 5.91 Å². The van der Waals surface area contributed by atoms with Crippen molar-refractivity contribution in [2.75, 3.05) is 49.5 Å². The highest BCUT2D eigenvalue weighted by Crippen LogP contribution is 2.25. The molecular formula is C27H27F3N6O3. The van der Waals surface area contributed by atoms with E-state index in [-0.39, 0.29) is 17.4 Å². The third-order valence-corrected chi connectivity index (χ3v) is 6.09. The number of nitrogens with zero attached hydrogens (tertiary/aromatic N) is 4. The fourth-order valence-electron chi connectivity index (χ4n) is 4.08. The lowest BCUT2D eigenvalue weighted by molar-refractivity contribution is -0.118. The molecule has 0 bridgehead atoms. The van der Waals surface area contributed by atoms with Crippen molar-refractivity contribution >= 4 is 29.2 Å². The first-order chi connectivity index (χ1) is 18.6. The number of halogens is 3. The number of amides is 2. The molecule has 9 nitrogen and oxygen atoms in total. The third kappa shape index (κ3) is 7.09. The summed E-state index contributed by atoms with van der Waals surface area (Å²) in [6.07, 6.45) is -4.97. The molecular weight excluding hydrogens is 513 g/mol. The van der Waals surface area contributed by atoms with Gasteiger partial charge in [0.05, 0.1) is 0 Å². The third-order valence-electron chi connectivity index (χ3n) is 6.09. The maximum atomic E-state index is 12.9. The molecule has 1 aliphatic heterocycles. The number of nitrogens with one attached hydrogen (secondary N) is 2. The number of carbonyl (C=O) groups is 3. The maximum absolute atomic E-state index is 12.9. The smallest absolute Gasteiger partial charge is 0.368 e. The molecule has 0 atom stereocenters. The topological polar surface area (TPSA) is 108 Å². The highest BCUT2D eigenvalue weighted by atomic mass is 19.4. The number of piperazine rings is 1. The molecule has 1 saturated heterocycles. The molecule has 0 saturated carbocycles. The Morgan fingerprint density at radius 2 is 1.51 bits per heavy atom. The van der Waals surface area contributed by atoms with Crippen LogP contribution in [0.3, 0.4) is 0 Å². The van der Waals surface area contributed by atoms with Crippen LogP contribution >= 0.6 is 0 Å². The Labute approximate surface area is 223 Å². The van der Waals surface area contributed by atoms with E-state index in [1.165, 1.54) is 19.1 Å². The Hall–Kier alpha value is -4.48. The van der Waals surface area contributed by atoms with Crippen LogP contribution in [0.1, 0.15) is 27.6 Å². The number of anilines is 2. The Morgan fingerprint density at radius 1 is 0.872 bits per heavy atom. The maximum Gasteiger partial charge on any atom is 0.454 e. The molecule has 0 spiro atoms. The first-order valence-electron chi connectivity index (χ1n) is 12.3. The molecule has 0 unspecified atom stereocenters. The Kier molecular flexibility index (Phi) is 8.43. The number of hydrogen-bond donors (Lipinski definition) is 2. The van der Waals surface area contributed by atoms with Gasteiger partial charge in [0.25, 0.3) is 11.7 Å². The summed E-state index contributed by atoms with van der Waals surface area (Å²) in [5.74, 6) is -0.595. The number of benzene rings is 2. The largest absolute Gasteiger partial charge is 0.454 e. The minimum atomic E-state index is -4.97. The fourth-order valence-corrected chi connectivity index (χ4v) is 4.08. The van der Waals surface area contributed by atoms with Crippen LogP contribution in [-0.2, 0) is 4.79 Å². The molecule has 3 aromatic rings. The van der Waals surface area contributed by atoms with Gasteiger partial charge in [-0.2, -0.15) is 13.2 Å². The SMILES string of the molecule is CC(=O)NCCNc1cc(N2CCN(C(=O)c3ccc(C(=O)C(F)(F)F)cc3)CC2)nc(-c2ccccc2)n1. The van der Waals surface area contributed by atoms with Gasteiger partial charge in [-0.1, -0.05) is 42.5 Å². The molecule has 1 fully saturated rings. The number of alkyl halides is 3. The molecule has 2 aromatic carbocycles. The van der Waals surface area contributed by atoms with Crippen molar-refractivity contribution in [3.8, 4) is 11.4 Å². The molecule has 2 N–H and O–H groups in total. The van der Waals surface area contributed by atoms with E-state index in [4.69, 9.17) is 4.98 Å². The Balaban J connectivity index is 1.44. The van der Waals surface area contributed by atoms with Crippen molar-refractivity contribution in [1.29, 1.82) is 0 Å². The summed E-state index contributed by atoms with van der Waals surface area (Å²) < 4.78 is 38.0. The zero-order valence-electron chi connectivity index (χ0n) is 21.2. The molecule has 0 radical (unpaired) electrons. The van der Waals surface area contributed by atoms with Crippen LogP contribution in [0.15, 0.2) is 60.7 Å². The minimum Gasteiger partial charge on any atom is -0.368 e. The van der Waals surface area contributed by atoms with E-state index in [9.17, 15) is 27.6 Å². The molecule has 12 heteroatoms. The van der Waals surface area contributed by atoms with E-state index in [0.717, 1.165) is 17.7 Å². The summed E-state index contributed by atoms with van der Waals surface area (Å²) in [6, 6.07) is 15.8. The van der Waals surface area contributed by atoms with Crippen molar-refractivity contribution < 1.29 is 27.6 Å². The Bertz CT molecular complexity index is 1320. The van der Waals surface area contributed by atoms with Crippen LogP contribution < -0.4 is 15.5 Å². The van der Waals surface area contributed by atoms with Crippen molar-refractivity contribution in [2.45, 2.75) is 13.1 Å².